The summed E-state index contributed by atoms with van der Waals surface area (Å²) in [7, 11) is 0. The van der Waals surface area contributed by atoms with Gasteiger partial charge in [0.05, 0.1) is 11.3 Å². The number of nitrogens with zero attached hydrogens (tertiary/aromatic N) is 3. The molecule has 0 saturated carbocycles. The van der Waals surface area contributed by atoms with E-state index in [-0.39, 0.29) is 30.0 Å². The molecule has 0 aliphatic carbocycles. The number of pyridine rings is 1. The van der Waals surface area contributed by atoms with Gasteiger partial charge in [-0.05, 0) is 67.8 Å². The van der Waals surface area contributed by atoms with Gasteiger partial charge in [-0.1, -0.05) is 12.1 Å². The lowest BCUT2D eigenvalue weighted by Crippen LogP contribution is -2.31. The van der Waals surface area contributed by atoms with Crippen molar-refractivity contribution in [1.82, 2.24) is 15.0 Å². The van der Waals surface area contributed by atoms with Crippen LogP contribution in [0, 0.1) is 11.6 Å². The fourth-order valence-electron chi connectivity index (χ4n) is 4.59. The van der Waals surface area contributed by atoms with Crippen molar-refractivity contribution >= 4 is 17.5 Å². The Balaban J connectivity index is 1.47. The van der Waals surface area contributed by atoms with Gasteiger partial charge >= 0.3 is 0 Å². The van der Waals surface area contributed by atoms with Gasteiger partial charge in [-0.15, -0.1) is 0 Å². The Labute approximate surface area is 234 Å². The van der Waals surface area contributed by atoms with Gasteiger partial charge in [-0.3, -0.25) is 9.78 Å². The molecule has 2 aromatic carbocycles. The van der Waals surface area contributed by atoms with Gasteiger partial charge in [-0.2, -0.15) is 0 Å². The Morgan fingerprint density at radius 3 is 2.39 bits per heavy atom. The third-order valence-electron chi connectivity index (χ3n) is 6.54. The molecular formula is C30H27F4N5O2. The van der Waals surface area contributed by atoms with E-state index < -0.39 is 36.2 Å². The van der Waals surface area contributed by atoms with Crippen LogP contribution < -0.4 is 10.6 Å². The van der Waals surface area contributed by atoms with E-state index in [1.54, 1.807) is 30.3 Å². The number of hydrogen-bond donors (Lipinski definition) is 2. The number of rotatable bonds is 7. The van der Waals surface area contributed by atoms with Crippen LogP contribution in [0.3, 0.4) is 0 Å². The second-order valence-corrected chi connectivity index (χ2v) is 10.1. The lowest BCUT2D eigenvalue weighted by atomic mass is 9.89. The molecule has 0 spiro atoms. The van der Waals surface area contributed by atoms with Crippen LogP contribution in [-0.4, -0.2) is 39.4 Å². The number of nitrogens with one attached hydrogen (secondary N) is 2. The quantitative estimate of drug-likeness (QED) is 0.234. The highest BCUT2D eigenvalue weighted by atomic mass is 19.3. The molecule has 2 aromatic heterocycles. The van der Waals surface area contributed by atoms with E-state index in [1.807, 2.05) is 13.8 Å². The molecule has 1 aliphatic heterocycles. The fourth-order valence-corrected chi connectivity index (χ4v) is 4.59. The normalized spacial score (nSPS) is 16.4. The molecule has 1 fully saturated rings. The van der Waals surface area contributed by atoms with Crippen molar-refractivity contribution < 1.29 is 27.1 Å². The molecule has 1 atom stereocenters. The van der Waals surface area contributed by atoms with E-state index in [2.05, 4.69) is 25.6 Å². The highest BCUT2D eigenvalue weighted by molar-refractivity contribution is 6.04. The van der Waals surface area contributed by atoms with E-state index in [0.717, 1.165) is 18.2 Å². The zero-order chi connectivity index (χ0) is 29.1. The molecule has 212 valence electrons. The van der Waals surface area contributed by atoms with Crippen molar-refractivity contribution in [3.05, 3.63) is 90.0 Å². The summed E-state index contributed by atoms with van der Waals surface area (Å²) >= 11 is 0. The van der Waals surface area contributed by atoms with E-state index in [0.29, 0.717) is 34.0 Å². The molecule has 1 unspecified atom stereocenters. The first kappa shape index (κ1) is 28.2. The molecule has 0 bridgehead atoms. The van der Waals surface area contributed by atoms with Gasteiger partial charge in [0.2, 0.25) is 5.95 Å². The van der Waals surface area contributed by atoms with Crippen molar-refractivity contribution in [2.24, 2.45) is 0 Å². The molecule has 0 radical (unpaired) electrons. The van der Waals surface area contributed by atoms with Crippen LogP contribution in [-0.2, 0) is 4.74 Å². The molecule has 4 aromatic rings. The van der Waals surface area contributed by atoms with Crippen LogP contribution in [0.15, 0.2) is 67.1 Å². The summed E-state index contributed by atoms with van der Waals surface area (Å²) in [4.78, 5) is 25.5. The molecule has 1 aliphatic rings. The number of carbonyl (C=O) groups is 1. The van der Waals surface area contributed by atoms with Crippen molar-refractivity contribution in [3.8, 4) is 22.3 Å². The summed E-state index contributed by atoms with van der Waals surface area (Å²) < 4.78 is 62.2. The topological polar surface area (TPSA) is 89.0 Å². The number of ether oxygens (including phenoxy) is 1. The first-order chi connectivity index (χ1) is 19.6. The van der Waals surface area contributed by atoms with Gasteiger partial charge in [0, 0.05) is 47.9 Å². The number of benzene rings is 2. The van der Waals surface area contributed by atoms with E-state index in [4.69, 9.17) is 4.74 Å². The number of hydrogen-bond acceptors (Lipinski definition) is 6. The highest BCUT2D eigenvalue weighted by Gasteiger charge is 2.38. The highest BCUT2D eigenvalue weighted by Crippen LogP contribution is 2.43. The summed E-state index contributed by atoms with van der Waals surface area (Å²) in [5, 5.41) is 5.82. The number of anilines is 2. The van der Waals surface area contributed by atoms with Gasteiger partial charge in [0.15, 0.2) is 0 Å². The van der Waals surface area contributed by atoms with Gasteiger partial charge in [0.1, 0.15) is 24.3 Å². The van der Waals surface area contributed by atoms with Crippen LogP contribution in [0.1, 0.15) is 48.8 Å². The molecule has 1 saturated heterocycles. The van der Waals surface area contributed by atoms with E-state index in [1.165, 1.54) is 18.6 Å². The molecular weight excluding hydrogens is 538 g/mol. The van der Waals surface area contributed by atoms with Crippen LogP contribution in [0.25, 0.3) is 22.3 Å². The second kappa shape index (κ2) is 11.6. The number of carbonyl (C=O) groups excluding carboxylic acids is 1. The van der Waals surface area contributed by atoms with Crippen molar-refractivity contribution in [3.63, 3.8) is 0 Å². The molecule has 1 amide bonds. The predicted octanol–water partition coefficient (Wildman–Crippen LogP) is 7.04. The van der Waals surface area contributed by atoms with E-state index in [9.17, 15) is 22.4 Å². The zero-order valence-corrected chi connectivity index (χ0v) is 22.3. The van der Waals surface area contributed by atoms with Crippen molar-refractivity contribution in [2.75, 3.05) is 17.2 Å². The molecule has 41 heavy (non-hydrogen) atoms. The largest absolute Gasteiger partial charge is 0.366 e. The number of alkyl halides is 2. The lowest BCUT2D eigenvalue weighted by molar-refractivity contribution is -0.146. The minimum absolute atomic E-state index is 0.00225. The van der Waals surface area contributed by atoms with Crippen LogP contribution in [0.5, 0.6) is 0 Å². The first-order valence-electron chi connectivity index (χ1n) is 13.0. The maximum absolute atomic E-state index is 14.9. The SMILES string of the molecule is CC(C)Nc1ncc(C(=O)Nc2ccc(-c3c(-c4cc(F)ccc4F)ccnc3C3CCC(F)(F)CO3)cc2)cn1. The van der Waals surface area contributed by atoms with Crippen LogP contribution in [0.4, 0.5) is 29.2 Å². The minimum Gasteiger partial charge on any atom is -0.366 e. The van der Waals surface area contributed by atoms with Gasteiger partial charge < -0.3 is 15.4 Å². The first-order valence-corrected chi connectivity index (χ1v) is 13.0. The Hall–Kier alpha value is -4.38. The average Bonchev–Trinajstić information content (AvgIpc) is 2.94. The summed E-state index contributed by atoms with van der Waals surface area (Å²) in [5.41, 5.74) is 2.36. The summed E-state index contributed by atoms with van der Waals surface area (Å²) in [6, 6.07) is 11.4. The second-order valence-electron chi connectivity index (χ2n) is 10.1. The Morgan fingerprint density at radius 1 is 1.00 bits per heavy atom. The van der Waals surface area contributed by atoms with Gasteiger partial charge in [-0.25, -0.2) is 27.5 Å². The number of aromatic nitrogens is 3. The fraction of sp³-hybridized carbons (Fsp3) is 0.267. The predicted molar refractivity (Wildman–Crippen MR) is 147 cm³/mol. The molecule has 11 heteroatoms. The van der Waals surface area contributed by atoms with Crippen LogP contribution >= 0.6 is 0 Å². The lowest BCUT2D eigenvalue weighted by Gasteiger charge is -2.30. The number of halogens is 4. The number of amides is 1. The van der Waals surface area contributed by atoms with E-state index >= 15 is 0 Å². The monoisotopic (exact) mass is 565 g/mol. The Bertz CT molecular complexity index is 1540. The smallest absolute Gasteiger partial charge is 0.271 e. The average molecular weight is 566 g/mol. The maximum Gasteiger partial charge on any atom is 0.271 e. The zero-order valence-electron chi connectivity index (χ0n) is 22.3. The van der Waals surface area contributed by atoms with Crippen molar-refractivity contribution in [2.45, 2.75) is 44.8 Å². The Morgan fingerprint density at radius 2 is 1.73 bits per heavy atom. The standard InChI is InChI=1S/C30H27F4N5O2/c1-17(2)38-29-36-14-19(15-37-29)28(40)39-21-6-3-18(4-7-21)26-22(23-13-20(31)5-8-24(23)32)10-12-35-27(26)25-9-11-30(33,34)16-41-25/h3-8,10,12-15,17,25H,9,11,16H2,1-2H3,(H,39,40)(H,36,37,38). The van der Waals surface area contributed by atoms with Crippen LogP contribution in [0.2, 0.25) is 0 Å². The summed E-state index contributed by atoms with van der Waals surface area (Å²) in [6.07, 6.45) is 3.10. The minimum atomic E-state index is -2.95. The molecule has 2 N–H and O–H groups in total. The summed E-state index contributed by atoms with van der Waals surface area (Å²) in [5.74, 6) is -4.24. The summed E-state index contributed by atoms with van der Waals surface area (Å²) in [6.45, 7) is 3.13. The Kier molecular flexibility index (Phi) is 7.98. The third kappa shape index (κ3) is 6.51. The maximum atomic E-state index is 14.9. The molecule has 3 heterocycles. The van der Waals surface area contributed by atoms with Gasteiger partial charge in [0.25, 0.3) is 11.8 Å². The third-order valence-corrected chi connectivity index (χ3v) is 6.54. The molecule has 7 nitrogen and oxygen atoms in total. The molecule has 5 rings (SSSR count). The van der Waals surface area contributed by atoms with Crippen molar-refractivity contribution in [1.29, 1.82) is 0 Å².